The van der Waals surface area contributed by atoms with E-state index in [0.29, 0.717) is 6.42 Å². The normalized spacial score (nSPS) is 21.5. The Morgan fingerprint density at radius 2 is 2.27 bits per heavy atom. The molecule has 0 radical (unpaired) electrons. The zero-order valence-corrected chi connectivity index (χ0v) is 7.19. The summed E-state index contributed by atoms with van der Waals surface area (Å²) in [5.74, 6) is -0.685. The SMILES string of the molecule is C/C(=C\Cl)CC1(C(=O)O)CC1. The molecule has 0 aromatic carbocycles. The van der Waals surface area contributed by atoms with Crippen molar-refractivity contribution in [2.24, 2.45) is 5.41 Å². The van der Waals surface area contributed by atoms with Gasteiger partial charge in [0, 0.05) is 5.54 Å². The van der Waals surface area contributed by atoms with E-state index in [0.717, 1.165) is 18.4 Å². The third-order valence-electron chi connectivity index (χ3n) is 2.11. The number of aliphatic carboxylic acids is 1. The van der Waals surface area contributed by atoms with Gasteiger partial charge in [0.2, 0.25) is 0 Å². The Balaban J connectivity index is 2.55. The summed E-state index contributed by atoms with van der Waals surface area (Å²) in [5, 5.41) is 8.78. The summed E-state index contributed by atoms with van der Waals surface area (Å²) >= 11 is 5.44. The van der Waals surface area contributed by atoms with Crippen molar-refractivity contribution in [3.05, 3.63) is 11.1 Å². The predicted molar refractivity (Wildman–Crippen MR) is 43.5 cm³/mol. The molecule has 0 heterocycles. The van der Waals surface area contributed by atoms with Crippen molar-refractivity contribution in [1.29, 1.82) is 0 Å². The number of carboxylic acid groups (broad SMARTS) is 1. The Hall–Kier alpha value is -0.500. The van der Waals surface area contributed by atoms with Crippen LogP contribution in [0.15, 0.2) is 11.1 Å². The van der Waals surface area contributed by atoms with Gasteiger partial charge in [-0.1, -0.05) is 17.2 Å². The fourth-order valence-corrected chi connectivity index (χ4v) is 1.27. The summed E-state index contributed by atoms with van der Waals surface area (Å²) in [6.45, 7) is 1.86. The molecule has 1 aliphatic rings. The lowest BCUT2D eigenvalue weighted by Gasteiger charge is -2.07. The summed E-state index contributed by atoms with van der Waals surface area (Å²) < 4.78 is 0. The molecule has 11 heavy (non-hydrogen) atoms. The van der Waals surface area contributed by atoms with Crippen LogP contribution in [0.4, 0.5) is 0 Å². The van der Waals surface area contributed by atoms with Crippen LogP contribution >= 0.6 is 11.6 Å². The number of carboxylic acids is 1. The minimum absolute atomic E-state index is 0.463. The Bertz CT molecular complexity index is 204. The van der Waals surface area contributed by atoms with Gasteiger partial charge < -0.3 is 5.11 Å². The average Bonchev–Trinajstić information content (AvgIpc) is 2.69. The summed E-state index contributed by atoms with van der Waals surface area (Å²) in [6.07, 6.45) is 2.20. The van der Waals surface area contributed by atoms with Gasteiger partial charge in [0.1, 0.15) is 0 Å². The lowest BCUT2D eigenvalue weighted by Crippen LogP contribution is -2.14. The molecule has 0 saturated heterocycles. The largest absolute Gasteiger partial charge is 0.481 e. The molecule has 1 fully saturated rings. The van der Waals surface area contributed by atoms with Crippen molar-refractivity contribution in [3.8, 4) is 0 Å². The number of halogens is 1. The second-order valence-corrected chi connectivity index (χ2v) is 3.44. The van der Waals surface area contributed by atoms with E-state index >= 15 is 0 Å². The topological polar surface area (TPSA) is 37.3 Å². The molecule has 0 amide bonds. The molecule has 0 atom stereocenters. The Labute approximate surface area is 70.9 Å². The molecule has 1 N–H and O–H groups in total. The molecular formula is C8H11ClO2. The number of hydrogen-bond acceptors (Lipinski definition) is 1. The first kappa shape index (κ1) is 8.60. The summed E-state index contributed by atoms with van der Waals surface area (Å²) in [7, 11) is 0. The zero-order valence-electron chi connectivity index (χ0n) is 6.43. The monoisotopic (exact) mass is 174 g/mol. The second-order valence-electron chi connectivity index (χ2n) is 3.22. The molecule has 0 bridgehead atoms. The minimum Gasteiger partial charge on any atom is -0.481 e. The standard InChI is InChI=1S/C8H11ClO2/c1-6(5-9)4-8(2-3-8)7(10)11/h5H,2-4H2,1H3,(H,10,11)/b6-5+. The molecule has 3 heteroatoms. The van der Waals surface area contributed by atoms with Gasteiger partial charge in [-0.05, 0) is 26.2 Å². The van der Waals surface area contributed by atoms with Crippen LogP contribution in [0, 0.1) is 5.41 Å². The third-order valence-corrected chi connectivity index (χ3v) is 2.48. The first-order valence-electron chi connectivity index (χ1n) is 3.60. The lowest BCUT2D eigenvalue weighted by atomic mass is 9.99. The molecule has 0 aromatic rings. The highest BCUT2D eigenvalue weighted by molar-refractivity contribution is 6.25. The van der Waals surface area contributed by atoms with E-state index in [1.807, 2.05) is 6.92 Å². The van der Waals surface area contributed by atoms with E-state index in [9.17, 15) is 4.79 Å². The van der Waals surface area contributed by atoms with Crippen LogP contribution in [0.25, 0.3) is 0 Å². The molecule has 1 saturated carbocycles. The molecule has 1 aliphatic carbocycles. The van der Waals surface area contributed by atoms with Crippen LogP contribution in [-0.4, -0.2) is 11.1 Å². The van der Waals surface area contributed by atoms with Crippen molar-refractivity contribution in [3.63, 3.8) is 0 Å². The van der Waals surface area contributed by atoms with Crippen molar-refractivity contribution in [2.75, 3.05) is 0 Å². The summed E-state index contributed by atoms with van der Waals surface area (Å²) in [4.78, 5) is 10.7. The number of allylic oxidation sites excluding steroid dienone is 1. The first-order valence-corrected chi connectivity index (χ1v) is 4.04. The average molecular weight is 175 g/mol. The van der Waals surface area contributed by atoms with Crippen LogP contribution in [-0.2, 0) is 4.79 Å². The predicted octanol–water partition coefficient (Wildman–Crippen LogP) is 2.38. The summed E-state index contributed by atoms with van der Waals surface area (Å²) in [6, 6.07) is 0. The molecule has 2 nitrogen and oxygen atoms in total. The van der Waals surface area contributed by atoms with Gasteiger partial charge in [0.05, 0.1) is 5.41 Å². The van der Waals surface area contributed by atoms with E-state index in [1.54, 1.807) is 0 Å². The molecule has 62 valence electrons. The van der Waals surface area contributed by atoms with E-state index in [2.05, 4.69) is 0 Å². The molecule has 0 unspecified atom stereocenters. The third kappa shape index (κ3) is 1.74. The highest BCUT2D eigenvalue weighted by Gasteiger charge is 2.49. The van der Waals surface area contributed by atoms with Crippen LogP contribution in [0.1, 0.15) is 26.2 Å². The van der Waals surface area contributed by atoms with Crippen molar-refractivity contribution in [2.45, 2.75) is 26.2 Å². The van der Waals surface area contributed by atoms with E-state index in [1.165, 1.54) is 5.54 Å². The van der Waals surface area contributed by atoms with Crippen molar-refractivity contribution >= 4 is 17.6 Å². The van der Waals surface area contributed by atoms with Gasteiger partial charge in [-0.15, -0.1) is 0 Å². The minimum atomic E-state index is -0.685. The smallest absolute Gasteiger partial charge is 0.309 e. The van der Waals surface area contributed by atoms with Crippen LogP contribution < -0.4 is 0 Å². The molecule has 0 spiro atoms. The first-order chi connectivity index (χ1) is 5.10. The van der Waals surface area contributed by atoms with Crippen LogP contribution in [0.5, 0.6) is 0 Å². The molecule has 0 aromatic heterocycles. The fraction of sp³-hybridized carbons (Fsp3) is 0.625. The van der Waals surface area contributed by atoms with E-state index < -0.39 is 11.4 Å². The maximum Gasteiger partial charge on any atom is 0.309 e. The Morgan fingerprint density at radius 1 is 1.73 bits per heavy atom. The highest BCUT2D eigenvalue weighted by Crippen LogP contribution is 2.50. The highest BCUT2D eigenvalue weighted by atomic mass is 35.5. The quantitative estimate of drug-likeness (QED) is 0.714. The Morgan fingerprint density at radius 3 is 2.55 bits per heavy atom. The molecular weight excluding hydrogens is 164 g/mol. The zero-order chi connectivity index (χ0) is 8.48. The number of hydrogen-bond donors (Lipinski definition) is 1. The second kappa shape index (κ2) is 2.86. The van der Waals surface area contributed by atoms with E-state index in [4.69, 9.17) is 16.7 Å². The van der Waals surface area contributed by atoms with Gasteiger partial charge in [0.25, 0.3) is 0 Å². The number of rotatable bonds is 3. The number of carbonyl (C=O) groups is 1. The Kier molecular flexibility index (Phi) is 2.23. The van der Waals surface area contributed by atoms with Gasteiger partial charge in [-0.25, -0.2) is 0 Å². The van der Waals surface area contributed by atoms with Gasteiger partial charge >= 0.3 is 5.97 Å². The molecule has 0 aliphatic heterocycles. The van der Waals surface area contributed by atoms with Crippen molar-refractivity contribution < 1.29 is 9.90 Å². The maximum atomic E-state index is 10.7. The fourth-order valence-electron chi connectivity index (χ4n) is 1.19. The maximum absolute atomic E-state index is 10.7. The molecule has 1 rings (SSSR count). The van der Waals surface area contributed by atoms with Gasteiger partial charge in [-0.2, -0.15) is 0 Å². The van der Waals surface area contributed by atoms with Gasteiger partial charge in [-0.3, -0.25) is 4.79 Å². The van der Waals surface area contributed by atoms with Crippen LogP contribution in [0.3, 0.4) is 0 Å². The van der Waals surface area contributed by atoms with Crippen LogP contribution in [0.2, 0.25) is 0 Å². The van der Waals surface area contributed by atoms with Gasteiger partial charge in [0.15, 0.2) is 0 Å². The van der Waals surface area contributed by atoms with E-state index in [-0.39, 0.29) is 0 Å². The van der Waals surface area contributed by atoms with Crippen molar-refractivity contribution in [1.82, 2.24) is 0 Å². The summed E-state index contributed by atoms with van der Waals surface area (Å²) in [5.41, 5.74) is 1.95. The lowest BCUT2D eigenvalue weighted by molar-refractivity contribution is -0.143.